The van der Waals surface area contributed by atoms with Crippen molar-refractivity contribution in [3.8, 4) is 0 Å². The van der Waals surface area contributed by atoms with E-state index in [1.54, 1.807) is 0 Å². The molecule has 0 radical (unpaired) electrons. The second-order valence-corrected chi connectivity index (χ2v) is 6.13. The lowest BCUT2D eigenvalue weighted by Crippen LogP contribution is -2.52. The van der Waals surface area contributed by atoms with Crippen LogP contribution in [0.15, 0.2) is 0 Å². The second kappa shape index (κ2) is 6.71. The fourth-order valence-corrected chi connectivity index (χ4v) is 3.53. The molecule has 0 aromatic carbocycles. The number of amides is 1. The maximum absolute atomic E-state index is 12.8. The lowest BCUT2D eigenvalue weighted by Gasteiger charge is -2.39. The molecule has 0 bridgehead atoms. The van der Waals surface area contributed by atoms with Gasteiger partial charge in [-0.15, -0.1) is 0 Å². The molecule has 0 aliphatic carbocycles. The van der Waals surface area contributed by atoms with Crippen LogP contribution in [-0.4, -0.2) is 50.2 Å². The molecule has 2 atom stereocenters. The summed E-state index contributed by atoms with van der Waals surface area (Å²) >= 11 is 0. The van der Waals surface area contributed by atoms with Crippen LogP contribution in [0.1, 0.15) is 45.4 Å². The molecule has 19 heavy (non-hydrogen) atoms. The largest absolute Gasteiger partial charge is 0.376 e. The van der Waals surface area contributed by atoms with Crippen molar-refractivity contribution in [2.24, 2.45) is 5.41 Å². The van der Waals surface area contributed by atoms with E-state index in [4.69, 9.17) is 4.74 Å². The van der Waals surface area contributed by atoms with Gasteiger partial charge in [-0.05, 0) is 38.6 Å². The van der Waals surface area contributed by atoms with Crippen LogP contribution >= 0.6 is 0 Å². The Morgan fingerprint density at radius 2 is 2.32 bits per heavy atom. The Morgan fingerprint density at radius 3 is 2.89 bits per heavy atom. The Morgan fingerprint density at radius 1 is 1.47 bits per heavy atom. The fourth-order valence-electron chi connectivity index (χ4n) is 3.53. The summed E-state index contributed by atoms with van der Waals surface area (Å²) in [5.41, 5.74) is -0.166. The molecule has 2 heterocycles. The molecule has 1 N–H and O–H groups in total. The van der Waals surface area contributed by atoms with Gasteiger partial charge in [-0.3, -0.25) is 4.79 Å². The van der Waals surface area contributed by atoms with Crippen molar-refractivity contribution in [2.75, 3.05) is 33.3 Å². The van der Waals surface area contributed by atoms with Crippen molar-refractivity contribution in [3.05, 3.63) is 0 Å². The van der Waals surface area contributed by atoms with E-state index in [0.29, 0.717) is 5.91 Å². The van der Waals surface area contributed by atoms with Gasteiger partial charge in [-0.2, -0.15) is 0 Å². The average Bonchev–Trinajstić information content (AvgIpc) is 2.92. The lowest BCUT2D eigenvalue weighted by molar-refractivity contribution is -0.144. The van der Waals surface area contributed by atoms with Gasteiger partial charge in [0.05, 0.1) is 11.5 Å². The van der Waals surface area contributed by atoms with Gasteiger partial charge < -0.3 is 15.0 Å². The van der Waals surface area contributed by atoms with Crippen LogP contribution in [0.3, 0.4) is 0 Å². The second-order valence-electron chi connectivity index (χ2n) is 6.13. The van der Waals surface area contributed by atoms with Crippen LogP contribution in [-0.2, 0) is 9.53 Å². The minimum atomic E-state index is -0.166. The molecule has 2 aliphatic heterocycles. The first-order chi connectivity index (χ1) is 9.18. The molecule has 4 nitrogen and oxygen atoms in total. The summed E-state index contributed by atoms with van der Waals surface area (Å²) in [7, 11) is 1.94. The van der Waals surface area contributed by atoms with E-state index in [-0.39, 0.29) is 11.5 Å². The molecule has 2 aliphatic rings. The van der Waals surface area contributed by atoms with Gasteiger partial charge in [-0.1, -0.05) is 13.3 Å². The Hall–Kier alpha value is -0.610. The topological polar surface area (TPSA) is 41.6 Å². The number of rotatable bonds is 5. The van der Waals surface area contributed by atoms with Crippen molar-refractivity contribution < 1.29 is 9.53 Å². The van der Waals surface area contributed by atoms with E-state index in [0.717, 1.165) is 64.8 Å². The lowest BCUT2D eigenvalue weighted by atomic mass is 9.75. The highest BCUT2D eigenvalue weighted by Crippen LogP contribution is 2.33. The zero-order chi connectivity index (χ0) is 13.7. The molecule has 2 saturated heterocycles. The maximum Gasteiger partial charge on any atom is 0.229 e. The SMILES string of the molecule is CCCC1(C(=O)N(C)CC2CCCO2)CCCNC1. The van der Waals surface area contributed by atoms with Gasteiger partial charge in [0.25, 0.3) is 0 Å². The van der Waals surface area contributed by atoms with Crippen LogP contribution in [0.2, 0.25) is 0 Å². The van der Waals surface area contributed by atoms with Crippen LogP contribution < -0.4 is 5.32 Å². The predicted molar refractivity (Wildman–Crippen MR) is 76.1 cm³/mol. The van der Waals surface area contributed by atoms with Gasteiger partial charge in [-0.25, -0.2) is 0 Å². The number of nitrogens with zero attached hydrogens (tertiary/aromatic N) is 1. The van der Waals surface area contributed by atoms with E-state index in [1.165, 1.54) is 0 Å². The molecule has 0 aromatic rings. The summed E-state index contributed by atoms with van der Waals surface area (Å²) < 4.78 is 5.64. The van der Waals surface area contributed by atoms with Gasteiger partial charge in [0.2, 0.25) is 5.91 Å². The number of nitrogens with one attached hydrogen (secondary N) is 1. The molecule has 2 fully saturated rings. The number of hydrogen-bond acceptors (Lipinski definition) is 3. The molecule has 4 heteroatoms. The average molecular weight is 268 g/mol. The standard InChI is InChI=1S/C15H28N2O2/c1-3-7-15(8-5-9-16-12-15)14(18)17(2)11-13-6-4-10-19-13/h13,16H,3-12H2,1-2H3. The van der Waals surface area contributed by atoms with Crippen LogP contribution in [0.5, 0.6) is 0 Å². The monoisotopic (exact) mass is 268 g/mol. The molecule has 0 spiro atoms. The highest BCUT2D eigenvalue weighted by atomic mass is 16.5. The van der Waals surface area contributed by atoms with Crippen LogP contribution in [0.25, 0.3) is 0 Å². The Kier molecular flexibility index (Phi) is 5.22. The van der Waals surface area contributed by atoms with Crippen LogP contribution in [0.4, 0.5) is 0 Å². The molecule has 2 unspecified atom stereocenters. The molecule has 2 rings (SSSR count). The van der Waals surface area contributed by atoms with Gasteiger partial charge in [0.1, 0.15) is 0 Å². The molecule has 1 amide bonds. The number of carbonyl (C=O) groups is 1. The molecule has 0 aromatic heterocycles. The minimum absolute atomic E-state index is 0.166. The molecule has 110 valence electrons. The van der Waals surface area contributed by atoms with E-state index in [2.05, 4.69) is 12.2 Å². The van der Waals surface area contributed by atoms with Crippen LogP contribution in [0, 0.1) is 5.41 Å². The first kappa shape index (κ1) is 14.8. The quantitative estimate of drug-likeness (QED) is 0.826. The smallest absolute Gasteiger partial charge is 0.229 e. The maximum atomic E-state index is 12.8. The summed E-state index contributed by atoms with van der Waals surface area (Å²) in [6, 6.07) is 0. The molecular weight excluding hydrogens is 240 g/mol. The van der Waals surface area contributed by atoms with Crippen molar-refractivity contribution in [3.63, 3.8) is 0 Å². The molecule has 0 saturated carbocycles. The number of hydrogen-bond donors (Lipinski definition) is 1. The minimum Gasteiger partial charge on any atom is -0.376 e. The van der Waals surface area contributed by atoms with E-state index in [1.807, 2.05) is 11.9 Å². The highest BCUT2D eigenvalue weighted by Gasteiger charge is 2.40. The third kappa shape index (κ3) is 3.48. The highest BCUT2D eigenvalue weighted by molar-refractivity contribution is 5.83. The first-order valence-electron chi connectivity index (χ1n) is 7.76. The first-order valence-corrected chi connectivity index (χ1v) is 7.76. The molecular formula is C15H28N2O2. The number of piperidine rings is 1. The fraction of sp³-hybridized carbons (Fsp3) is 0.933. The summed E-state index contributed by atoms with van der Waals surface area (Å²) in [6.07, 6.45) is 6.69. The summed E-state index contributed by atoms with van der Waals surface area (Å²) in [6.45, 7) is 5.67. The summed E-state index contributed by atoms with van der Waals surface area (Å²) in [4.78, 5) is 14.7. The normalized spacial score (nSPS) is 31.4. The summed E-state index contributed by atoms with van der Waals surface area (Å²) in [5, 5.41) is 3.41. The number of likely N-dealkylation sites (N-methyl/N-ethyl adjacent to an activating group) is 1. The predicted octanol–water partition coefficient (Wildman–Crippen LogP) is 1.79. The Labute approximate surface area is 116 Å². The van der Waals surface area contributed by atoms with Gasteiger partial charge in [0, 0.05) is 26.7 Å². The van der Waals surface area contributed by atoms with Gasteiger partial charge in [0.15, 0.2) is 0 Å². The van der Waals surface area contributed by atoms with E-state index in [9.17, 15) is 4.79 Å². The Balaban J connectivity index is 1.96. The number of ether oxygens (including phenoxy) is 1. The van der Waals surface area contributed by atoms with Crippen molar-refractivity contribution >= 4 is 5.91 Å². The Bertz CT molecular complexity index is 289. The summed E-state index contributed by atoms with van der Waals surface area (Å²) in [5.74, 6) is 0.317. The van der Waals surface area contributed by atoms with E-state index < -0.39 is 0 Å². The van der Waals surface area contributed by atoms with Crippen molar-refractivity contribution in [2.45, 2.75) is 51.6 Å². The zero-order valence-corrected chi connectivity index (χ0v) is 12.4. The van der Waals surface area contributed by atoms with Crippen molar-refractivity contribution in [1.82, 2.24) is 10.2 Å². The zero-order valence-electron chi connectivity index (χ0n) is 12.4. The third-order valence-electron chi connectivity index (χ3n) is 4.50. The third-order valence-corrected chi connectivity index (χ3v) is 4.50. The van der Waals surface area contributed by atoms with E-state index >= 15 is 0 Å². The number of carbonyl (C=O) groups excluding carboxylic acids is 1. The van der Waals surface area contributed by atoms with Gasteiger partial charge >= 0.3 is 0 Å². The van der Waals surface area contributed by atoms with Crippen molar-refractivity contribution in [1.29, 1.82) is 0 Å².